The van der Waals surface area contributed by atoms with Gasteiger partial charge in [0.05, 0.1) is 6.10 Å². The lowest BCUT2D eigenvalue weighted by Crippen LogP contribution is -2.41. The SMILES string of the molecule is CN=C(NCc1ccc(CN2CCC(O)CC2)cc1)N1CCC2(CCCCC2)C1.I. The molecule has 2 heterocycles. The van der Waals surface area contributed by atoms with Gasteiger partial charge in [0.15, 0.2) is 5.96 Å². The van der Waals surface area contributed by atoms with Gasteiger partial charge in [-0.25, -0.2) is 0 Å². The summed E-state index contributed by atoms with van der Waals surface area (Å²) in [5.41, 5.74) is 3.21. The number of guanidine groups is 1. The number of nitrogens with zero attached hydrogens (tertiary/aromatic N) is 3. The molecule has 168 valence electrons. The summed E-state index contributed by atoms with van der Waals surface area (Å²) in [5.74, 6) is 1.06. The predicted octanol–water partition coefficient (Wildman–Crippen LogP) is 3.99. The number of hydrogen-bond acceptors (Lipinski definition) is 3. The van der Waals surface area contributed by atoms with E-state index in [0.717, 1.165) is 51.5 Å². The monoisotopic (exact) mass is 526 g/mol. The van der Waals surface area contributed by atoms with Crippen LogP contribution in [0.3, 0.4) is 0 Å². The highest BCUT2D eigenvalue weighted by Crippen LogP contribution is 2.43. The van der Waals surface area contributed by atoms with Crippen molar-refractivity contribution in [3.8, 4) is 0 Å². The van der Waals surface area contributed by atoms with E-state index in [9.17, 15) is 5.11 Å². The number of piperidine rings is 1. The number of benzene rings is 1. The Morgan fingerprint density at radius 3 is 2.37 bits per heavy atom. The number of aliphatic hydroxyl groups is 1. The van der Waals surface area contributed by atoms with Crippen molar-refractivity contribution in [2.45, 2.75) is 70.6 Å². The molecule has 0 amide bonds. The Bertz CT molecular complexity index is 679. The number of aliphatic imine (C=N–C) groups is 1. The van der Waals surface area contributed by atoms with Gasteiger partial charge in [0, 0.05) is 46.3 Å². The maximum Gasteiger partial charge on any atom is 0.193 e. The van der Waals surface area contributed by atoms with Crippen molar-refractivity contribution in [3.05, 3.63) is 35.4 Å². The second-order valence-electron chi connectivity index (χ2n) is 9.46. The van der Waals surface area contributed by atoms with Gasteiger partial charge in [-0.1, -0.05) is 43.5 Å². The molecule has 3 fully saturated rings. The molecule has 1 aromatic rings. The molecule has 0 bridgehead atoms. The molecule has 30 heavy (non-hydrogen) atoms. The van der Waals surface area contributed by atoms with E-state index in [4.69, 9.17) is 0 Å². The van der Waals surface area contributed by atoms with Gasteiger partial charge in [0.25, 0.3) is 0 Å². The van der Waals surface area contributed by atoms with Crippen LogP contribution in [0.25, 0.3) is 0 Å². The van der Waals surface area contributed by atoms with E-state index in [1.807, 2.05) is 7.05 Å². The number of halogens is 1. The molecular formula is C24H39IN4O. The summed E-state index contributed by atoms with van der Waals surface area (Å²) in [4.78, 5) is 9.49. The summed E-state index contributed by atoms with van der Waals surface area (Å²) in [6.45, 7) is 6.12. The second kappa shape index (κ2) is 11.1. The smallest absolute Gasteiger partial charge is 0.193 e. The molecule has 1 saturated carbocycles. The Kier molecular flexibility index (Phi) is 8.83. The average Bonchev–Trinajstić information content (AvgIpc) is 3.15. The van der Waals surface area contributed by atoms with Crippen molar-refractivity contribution < 1.29 is 5.11 Å². The number of nitrogens with one attached hydrogen (secondary N) is 1. The third-order valence-corrected chi connectivity index (χ3v) is 7.30. The van der Waals surface area contributed by atoms with Crippen molar-refractivity contribution in [2.24, 2.45) is 10.4 Å². The van der Waals surface area contributed by atoms with Gasteiger partial charge < -0.3 is 15.3 Å². The lowest BCUT2D eigenvalue weighted by atomic mass is 9.73. The number of aliphatic hydroxyl groups excluding tert-OH is 1. The van der Waals surface area contributed by atoms with Crippen molar-refractivity contribution in [1.82, 2.24) is 15.1 Å². The molecule has 4 rings (SSSR count). The van der Waals surface area contributed by atoms with Crippen LogP contribution < -0.4 is 5.32 Å². The Morgan fingerprint density at radius 1 is 1.03 bits per heavy atom. The number of rotatable bonds is 4. The first-order valence-electron chi connectivity index (χ1n) is 11.6. The Balaban J connectivity index is 0.00000256. The van der Waals surface area contributed by atoms with Gasteiger partial charge >= 0.3 is 0 Å². The minimum Gasteiger partial charge on any atom is -0.393 e. The number of likely N-dealkylation sites (tertiary alicyclic amines) is 2. The van der Waals surface area contributed by atoms with E-state index in [-0.39, 0.29) is 30.1 Å². The van der Waals surface area contributed by atoms with Crippen LogP contribution in [0.5, 0.6) is 0 Å². The summed E-state index contributed by atoms with van der Waals surface area (Å²) >= 11 is 0. The van der Waals surface area contributed by atoms with Gasteiger partial charge in [-0.3, -0.25) is 9.89 Å². The van der Waals surface area contributed by atoms with E-state index in [1.54, 1.807) is 0 Å². The largest absolute Gasteiger partial charge is 0.393 e. The maximum atomic E-state index is 9.66. The Labute approximate surface area is 199 Å². The summed E-state index contributed by atoms with van der Waals surface area (Å²) < 4.78 is 0. The first kappa shape index (κ1) is 23.8. The fraction of sp³-hybridized carbons (Fsp3) is 0.708. The zero-order valence-corrected chi connectivity index (χ0v) is 20.8. The summed E-state index contributed by atoms with van der Waals surface area (Å²) in [6, 6.07) is 8.97. The summed E-state index contributed by atoms with van der Waals surface area (Å²) in [7, 11) is 1.91. The molecule has 0 unspecified atom stereocenters. The van der Waals surface area contributed by atoms with Crippen molar-refractivity contribution in [1.29, 1.82) is 0 Å². The summed E-state index contributed by atoms with van der Waals surface area (Å²) in [5, 5.41) is 13.3. The highest BCUT2D eigenvalue weighted by Gasteiger charge is 2.39. The Morgan fingerprint density at radius 2 is 1.70 bits per heavy atom. The third-order valence-electron chi connectivity index (χ3n) is 7.30. The van der Waals surface area contributed by atoms with Crippen LogP contribution in [0.4, 0.5) is 0 Å². The van der Waals surface area contributed by atoms with Crippen molar-refractivity contribution in [2.75, 3.05) is 33.2 Å². The topological polar surface area (TPSA) is 51.1 Å². The lowest BCUT2D eigenvalue weighted by molar-refractivity contribution is 0.0792. The molecule has 6 heteroatoms. The maximum absolute atomic E-state index is 9.66. The van der Waals surface area contributed by atoms with Gasteiger partial charge in [0.2, 0.25) is 0 Å². The standard InChI is InChI=1S/C24H38N4O.HI/c1-25-23(28-16-13-24(19-28)11-3-2-4-12-24)26-17-20-5-7-21(8-6-20)18-27-14-9-22(29)10-15-27;/h5-8,22,29H,2-4,9-19H2,1H3,(H,25,26);1H. The molecule has 0 radical (unpaired) electrons. The van der Waals surface area contributed by atoms with Crippen LogP contribution >= 0.6 is 24.0 Å². The van der Waals surface area contributed by atoms with E-state index in [1.165, 1.54) is 56.2 Å². The van der Waals surface area contributed by atoms with E-state index in [2.05, 4.69) is 44.4 Å². The molecular weight excluding hydrogens is 487 g/mol. The molecule has 3 aliphatic rings. The van der Waals surface area contributed by atoms with Gasteiger partial charge in [-0.05, 0) is 48.6 Å². The van der Waals surface area contributed by atoms with Gasteiger partial charge in [-0.15, -0.1) is 24.0 Å². The van der Waals surface area contributed by atoms with Crippen LogP contribution in [0.2, 0.25) is 0 Å². The lowest BCUT2D eigenvalue weighted by Gasteiger charge is -2.33. The van der Waals surface area contributed by atoms with Gasteiger partial charge in [-0.2, -0.15) is 0 Å². The van der Waals surface area contributed by atoms with E-state index < -0.39 is 0 Å². The summed E-state index contributed by atoms with van der Waals surface area (Å²) in [6.07, 6.45) is 10.1. The predicted molar refractivity (Wildman–Crippen MR) is 134 cm³/mol. The van der Waals surface area contributed by atoms with E-state index in [0.29, 0.717) is 5.41 Å². The number of hydrogen-bond donors (Lipinski definition) is 2. The molecule has 5 nitrogen and oxygen atoms in total. The quantitative estimate of drug-likeness (QED) is 0.354. The zero-order chi connectivity index (χ0) is 20.1. The molecule has 1 aromatic carbocycles. The van der Waals surface area contributed by atoms with Crippen LogP contribution in [0.15, 0.2) is 29.3 Å². The Hall–Kier alpha value is -0.860. The molecule has 2 saturated heterocycles. The highest BCUT2D eigenvalue weighted by atomic mass is 127. The minimum absolute atomic E-state index is 0. The molecule has 1 spiro atoms. The second-order valence-corrected chi connectivity index (χ2v) is 9.46. The first-order valence-corrected chi connectivity index (χ1v) is 11.6. The fourth-order valence-corrected chi connectivity index (χ4v) is 5.44. The average molecular weight is 527 g/mol. The zero-order valence-electron chi connectivity index (χ0n) is 18.5. The normalized spacial score (nSPS) is 22.9. The third kappa shape index (κ3) is 6.10. The molecule has 1 aliphatic carbocycles. The fourth-order valence-electron chi connectivity index (χ4n) is 5.44. The van der Waals surface area contributed by atoms with Crippen molar-refractivity contribution in [3.63, 3.8) is 0 Å². The van der Waals surface area contributed by atoms with Crippen LogP contribution in [-0.4, -0.2) is 60.2 Å². The van der Waals surface area contributed by atoms with Crippen LogP contribution in [0, 0.1) is 5.41 Å². The highest BCUT2D eigenvalue weighted by molar-refractivity contribution is 14.0. The van der Waals surface area contributed by atoms with Crippen molar-refractivity contribution >= 4 is 29.9 Å². The van der Waals surface area contributed by atoms with Crippen LogP contribution in [-0.2, 0) is 13.1 Å². The molecule has 2 N–H and O–H groups in total. The first-order chi connectivity index (χ1) is 14.2. The van der Waals surface area contributed by atoms with Crippen LogP contribution in [0.1, 0.15) is 62.5 Å². The molecule has 0 atom stereocenters. The molecule has 2 aliphatic heterocycles. The molecule has 0 aromatic heterocycles. The van der Waals surface area contributed by atoms with E-state index >= 15 is 0 Å². The minimum atomic E-state index is -0.0993. The van der Waals surface area contributed by atoms with Gasteiger partial charge in [0.1, 0.15) is 0 Å².